The Morgan fingerprint density at radius 3 is 2.72 bits per heavy atom. The molecule has 0 aliphatic rings. The quantitative estimate of drug-likeness (QED) is 0.684. The maximum atomic E-state index is 12.0. The second-order valence-corrected chi connectivity index (χ2v) is 5.98. The summed E-state index contributed by atoms with van der Waals surface area (Å²) >= 11 is 0. The lowest BCUT2D eigenvalue weighted by Crippen LogP contribution is -2.12. The van der Waals surface area contributed by atoms with E-state index in [0.717, 1.165) is 5.56 Å². The highest BCUT2D eigenvalue weighted by Gasteiger charge is 2.11. The lowest BCUT2D eigenvalue weighted by atomic mass is 10.1. The molecule has 0 spiro atoms. The number of aryl methyl sites for hydroxylation is 3. The maximum Gasteiger partial charge on any atom is 0.224 e. The van der Waals surface area contributed by atoms with Gasteiger partial charge < -0.3 is 14.8 Å². The first kappa shape index (κ1) is 16.8. The number of aromatic hydroxyl groups is 1. The van der Waals surface area contributed by atoms with E-state index >= 15 is 0 Å². The van der Waals surface area contributed by atoms with Crippen LogP contribution in [-0.2, 0) is 11.2 Å². The summed E-state index contributed by atoms with van der Waals surface area (Å²) in [4.78, 5) is 16.3. The summed E-state index contributed by atoms with van der Waals surface area (Å²) in [6, 6.07) is 12.7. The van der Waals surface area contributed by atoms with E-state index in [1.54, 1.807) is 24.4 Å². The number of benzene rings is 2. The minimum atomic E-state index is -0.201. The zero-order valence-corrected chi connectivity index (χ0v) is 14.2. The van der Waals surface area contributed by atoms with Crippen molar-refractivity contribution in [3.05, 3.63) is 65.7 Å². The van der Waals surface area contributed by atoms with Crippen LogP contribution in [0.1, 0.15) is 23.4 Å². The first-order valence-electron chi connectivity index (χ1n) is 8.13. The molecule has 2 aromatic carbocycles. The molecule has 5 nitrogen and oxygen atoms in total. The first-order chi connectivity index (χ1) is 12.0. The Morgan fingerprint density at radius 1 is 1.16 bits per heavy atom. The minimum Gasteiger partial charge on any atom is -0.506 e. The number of phenols is 1. The van der Waals surface area contributed by atoms with Gasteiger partial charge in [0.15, 0.2) is 11.7 Å². The summed E-state index contributed by atoms with van der Waals surface area (Å²) in [6.45, 7) is 4.12. The molecule has 0 aliphatic heterocycles. The molecule has 128 valence electrons. The average molecular weight is 336 g/mol. The summed E-state index contributed by atoms with van der Waals surface area (Å²) in [5.74, 6) is 1.05. The van der Waals surface area contributed by atoms with E-state index in [0.29, 0.717) is 23.8 Å². The topological polar surface area (TPSA) is 75.4 Å². The molecule has 0 saturated heterocycles. The van der Waals surface area contributed by atoms with Gasteiger partial charge in [-0.1, -0.05) is 24.3 Å². The minimum absolute atomic E-state index is 0.0454. The van der Waals surface area contributed by atoms with Crippen LogP contribution in [0.15, 0.2) is 53.1 Å². The molecule has 3 aromatic rings. The van der Waals surface area contributed by atoms with Gasteiger partial charge in [-0.05, 0) is 43.2 Å². The van der Waals surface area contributed by atoms with Gasteiger partial charge in [0, 0.05) is 18.4 Å². The van der Waals surface area contributed by atoms with Gasteiger partial charge in [-0.15, -0.1) is 0 Å². The zero-order chi connectivity index (χ0) is 17.8. The highest BCUT2D eigenvalue weighted by Crippen LogP contribution is 2.24. The standard InChI is InChI=1S/C20H20N2O3/c1-13-7-8-15(11-14(13)2)18-12-21-20(25-18)10-9-19(24)22-16-5-3-4-6-17(16)23/h3-8,11-12,23H,9-10H2,1-2H3,(H,22,24). The van der Waals surface area contributed by atoms with Gasteiger partial charge in [0.05, 0.1) is 11.9 Å². The van der Waals surface area contributed by atoms with E-state index in [2.05, 4.69) is 30.2 Å². The smallest absolute Gasteiger partial charge is 0.224 e. The molecule has 25 heavy (non-hydrogen) atoms. The lowest BCUT2D eigenvalue weighted by Gasteiger charge is -2.06. The van der Waals surface area contributed by atoms with Gasteiger partial charge in [0.2, 0.25) is 5.91 Å². The van der Waals surface area contributed by atoms with Crippen molar-refractivity contribution in [2.24, 2.45) is 0 Å². The summed E-state index contributed by atoms with van der Waals surface area (Å²) in [5, 5.41) is 12.3. The molecule has 2 N–H and O–H groups in total. The Labute approximate surface area is 146 Å². The zero-order valence-electron chi connectivity index (χ0n) is 14.2. The number of para-hydroxylation sites is 2. The molecule has 1 heterocycles. The van der Waals surface area contributed by atoms with Crippen LogP contribution in [0, 0.1) is 13.8 Å². The molecule has 3 rings (SSSR count). The number of hydrogen-bond acceptors (Lipinski definition) is 4. The largest absolute Gasteiger partial charge is 0.506 e. The Kier molecular flexibility index (Phi) is 4.84. The molecule has 0 saturated carbocycles. The number of oxazole rings is 1. The van der Waals surface area contributed by atoms with Crippen LogP contribution in [0.2, 0.25) is 0 Å². The number of aromatic nitrogens is 1. The second-order valence-electron chi connectivity index (χ2n) is 5.98. The fourth-order valence-electron chi connectivity index (χ4n) is 2.47. The molecule has 0 atom stereocenters. The van der Waals surface area contributed by atoms with Crippen molar-refractivity contribution in [3.8, 4) is 17.1 Å². The number of nitrogens with one attached hydrogen (secondary N) is 1. The molecule has 5 heteroatoms. The predicted octanol–water partition coefficient (Wildman–Crippen LogP) is 4.24. The number of carbonyl (C=O) groups excluding carboxylic acids is 1. The van der Waals surface area contributed by atoms with E-state index in [1.807, 2.05) is 12.1 Å². The van der Waals surface area contributed by atoms with Crippen LogP contribution < -0.4 is 5.32 Å². The van der Waals surface area contributed by atoms with Crippen LogP contribution in [0.4, 0.5) is 5.69 Å². The van der Waals surface area contributed by atoms with Crippen molar-refractivity contribution in [2.75, 3.05) is 5.32 Å². The molecular formula is C20H20N2O3. The summed E-state index contributed by atoms with van der Waals surface area (Å²) in [5.41, 5.74) is 3.79. The van der Waals surface area contributed by atoms with E-state index in [4.69, 9.17) is 4.42 Å². The van der Waals surface area contributed by atoms with Crippen molar-refractivity contribution >= 4 is 11.6 Å². The molecule has 1 aromatic heterocycles. The van der Waals surface area contributed by atoms with E-state index in [9.17, 15) is 9.90 Å². The van der Waals surface area contributed by atoms with Crippen LogP contribution in [0.5, 0.6) is 5.75 Å². The molecule has 0 radical (unpaired) electrons. The monoisotopic (exact) mass is 336 g/mol. The summed E-state index contributed by atoms with van der Waals surface area (Å²) in [6.07, 6.45) is 2.30. The Bertz CT molecular complexity index is 899. The molecular weight excluding hydrogens is 316 g/mol. The van der Waals surface area contributed by atoms with Crippen LogP contribution in [0.3, 0.4) is 0 Å². The number of phenolic OH excluding ortho intramolecular Hbond substituents is 1. The average Bonchev–Trinajstić information content (AvgIpc) is 3.07. The van der Waals surface area contributed by atoms with Gasteiger partial charge in [0.1, 0.15) is 5.75 Å². The first-order valence-corrected chi connectivity index (χ1v) is 8.13. The predicted molar refractivity (Wildman–Crippen MR) is 96.5 cm³/mol. The second kappa shape index (κ2) is 7.21. The number of hydrogen-bond donors (Lipinski definition) is 2. The third-order valence-electron chi connectivity index (χ3n) is 4.09. The van der Waals surface area contributed by atoms with Crippen LogP contribution in [-0.4, -0.2) is 16.0 Å². The normalized spacial score (nSPS) is 10.6. The molecule has 0 unspecified atom stereocenters. The summed E-state index contributed by atoms with van der Waals surface area (Å²) in [7, 11) is 0. The van der Waals surface area contributed by atoms with Gasteiger partial charge >= 0.3 is 0 Å². The fraction of sp³-hybridized carbons (Fsp3) is 0.200. The number of nitrogens with zero attached hydrogens (tertiary/aromatic N) is 1. The Morgan fingerprint density at radius 2 is 1.96 bits per heavy atom. The van der Waals surface area contributed by atoms with E-state index in [-0.39, 0.29) is 18.1 Å². The highest BCUT2D eigenvalue weighted by molar-refractivity contribution is 5.92. The number of amides is 1. The van der Waals surface area contributed by atoms with Gasteiger partial charge in [-0.3, -0.25) is 4.79 Å². The maximum absolute atomic E-state index is 12.0. The molecule has 0 aliphatic carbocycles. The van der Waals surface area contributed by atoms with Crippen molar-refractivity contribution in [2.45, 2.75) is 26.7 Å². The van der Waals surface area contributed by atoms with Gasteiger partial charge in [0.25, 0.3) is 0 Å². The summed E-state index contributed by atoms with van der Waals surface area (Å²) < 4.78 is 5.75. The Balaban J connectivity index is 1.61. The van der Waals surface area contributed by atoms with Crippen molar-refractivity contribution in [1.29, 1.82) is 0 Å². The fourth-order valence-corrected chi connectivity index (χ4v) is 2.47. The lowest BCUT2D eigenvalue weighted by molar-refractivity contribution is -0.116. The van der Waals surface area contributed by atoms with Crippen molar-refractivity contribution in [1.82, 2.24) is 4.98 Å². The van der Waals surface area contributed by atoms with Crippen molar-refractivity contribution < 1.29 is 14.3 Å². The molecule has 0 fully saturated rings. The Hall–Kier alpha value is -3.08. The van der Waals surface area contributed by atoms with E-state index in [1.165, 1.54) is 17.2 Å². The van der Waals surface area contributed by atoms with Gasteiger partial charge in [-0.2, -0.15) is 0 Å². The third-order valence-corrected chi connectivity index (χ3v) is 4.09. The third kappa shape index (κ3) is 4.07. The highest BCUT2D eigenvalue weighted by atomic mass is 16.4. The van der Waals surface area contributed by atoms with Crippen LogP contribution in [0.25, 0.3) is 11.3 Å². The van der Waals surface area contributed by atoms with Gasteiger partial charge in [-0.25, -0.2) is 4.98 Å². The molecule has 1 amide bonds. The van der Waals surface area contributed by atoms with Crippen LogP contribution >= 0.6 is 0 Å². The number of anilines is 1. The SMILES string of the molecule is Cc1ccc(-c2cnc(CCC(=O)Nc3ccccc3O)o2)cc1C. The number of carbonyl (C=O) groups is 1. The molecule has 0 bridgehead atoms. The number of rotatable bonds is 5. The van der Waals surface area contributed by atoms with E-state index < -0.39 is 0 Å². The van der Waals surface area contributed by atoms with Crippen molar-refractivity contribution in [3.63, 3.8) is 0 Å².